The van der Waals surface area contributed by atoms with Crippen molar-refractivity contribution in [2.24, 2.45) is 5.41 Å². The van der Waals surface area contributed by atoms with E-state index in [2.05, 4.69) is 33.0 Å². The molecule has 0 aliphatic carbocycles. The first kappa shape index (κ1) is 21.1. The van der Waals surface area contributed by atoms with E-state index < -0.39 is 17.7 Å². The zero-order valence-corrected chi connectivity index (χ0v) is 17.2. The summed E-state index contributed by atoms with van der Waals surface area (Å²) in [6, 6.07) is 7.08. The molecular formula is C21H26FNO3S. The highest BCUT2D eigenvalue weighted by molar-refractivity contribution is 7.16. The van der Waals surface area contributed by atoms with E-state index in [1.165, 1.54) is 35.6 Å². The summed E-state index contributed by atoms with van der Waals surface area (Å²) in [7, 11) is 0. The van der Waals surface area contributed by atoms with Crippen molar-refractivity contribution < 1.29 is 18.7 Å². The van der Waals surface area contributed by atoms with Gasteiger partial charge in [-0.15, -0.1) is 11.3 Å². The summed E-state index contributed by atoms with van der Waals surface area (Å²) in [6.45, 7) is 10.6. The average Bonchev–Trinajstić information content (AvgIpc) is 2.98. The molecule has 1 unspecified atom stereocenters. The van der Waals surface area contributed by atoms with Gasteiger partial charge in [-0.2, -0.15) is 0 Å². The Kier molecular flexibility index (Phi) is 6.76. The number of hydrogen-bond donors (Lipinski definition) is 1. The number of ether oxygens (including phenoxy) is 1. The molecule has 6 heteroatoms. The van der Waals surface area contributed by atoms with E-state index in [0.29, 0.717) is 16.1 Å². The van der Waals surface area contributed by atoms with Gasteiger partial charge in [0, 0.05) is 10.4 Å². The molecule has 1 aromatic heterocycles. The number of thiophene rings is 1. The number of halogens is 1. The van der Waals surface area contributed by atoms with Crippen LogP contribution in [0.3, 0.4) is 0 Å². The number of carbonyl (C=O) groups is 2. The van der Waals surface area contributed by atoms with Crippen LogP contribution in [0.2, 0.25) is 0 Å². The van der Waals surface area contributed by atoms with Crippen LogP contribution in [0.1, 0.15) is 72.6 Å². The second-order valence-electron chi connectivity index (χ2n) is 7.74. The second kappa shape index (κ2) is 8.65. The fraction of sp³-hybridized carbons (Fsp3) is 0.429. The van der Waals surface area contributed by atoms with E-state index in [1.54, 1.807) is 13.0 Å². The second-order valence-corrected chi connectivity index (χ2v) is 8.82. The largest absolute Gasteiger partial charge is 0.462 e. The molecule has 27 heavy (non-hydrogen) atoms. The van der Waals surface area contributed by atoms with Crippen molar-refractivity contribution in [2.75, 3.05) is 11.9 Å². The predicted molar refractivity (Wildman–Crippen MR) is 107 cm³/mol. The third kappa shape index (κ3) is 5.89. The predicted octanol–water partition coefficient (Wildman–Crippen LogP) is 5.86. The van der Waals surface area contributed by atoms with Gasteiger partial charge in [0.1, 0.15) is 10.8 Å². The number of carbonyl (C=O) groups excluding carboxylic acids is 2. The van der Waals surface area contributed by atoms with Crippen molar-refractivity contribution in [1.29, 1.82) is 0 Å². The molecule has 2 aromatic rings. The van der Waals surface area contributed by atoms with Crippen LogP contribution in [0.4, 0.5) is 9.39 Å². The highest BCUT2D eigenvalue weighted by Gasteiger charge is 2.24. The molecule has 0 aliphatic heterocycles. The van der Waals surface area contributed by atoms with Crippen LogP contribution in [0, 0.1) is 11.2 Å². The Hall–Kier alpha value is -2.21. The van der Waals surface area contributed by atoms with Crippen molar-refractivity contribution in [1.82, 2.24) is 0 Å². The number of hydrogen-bond acceptors (Lipinski definition) is 4. The minimum Gasteiger partial charge on any atom is -0.462 e. The van der Waals surface area contributed by atoms with E-state index in [-0.39, 0.29) is 17.9 Å². The Morgan fingerprint density at radius 1 is 1.22 bits per heavy atom. The smallest absolute Gasteiger partial charge is 0.341 e. The molecule has 1 heterocycles. The average molecular weight is 392 g/mol. The summed E-state index contributed by atoms with van der Waals surface area (Å²) in [5.41, 5.74) is 0.822. The van der Waals surface area contributed by atoms with Crippen LogP contribution in [0.15, 0.2) is 30.3 Å². The first-order valence-corrected chi connectivity index (χ1v) is 9.80. The van der Waals surface area contributed by atoms with Crippen LogP contribution in [-0.2, 0) is 4.74 Å². The summed E-state index contributed by atoms with van der Waals surface area (Å²) >= 11 is 1.38. The van der Waals surface area contributed by atoms with Crippen LogP contribution >= 0.6 is 11.3 Å². The molecule has 1 N–H and O–H groups in total. The maximum atomic E-state index is 13.1. The van der Waals surface area contributed by atoms with Gasteiger partial charge in [-0.05, 0) is 55.0 Å². The van der Waals surface area contributed by atoms with Crippen LogP contribution in [0.25, 0.3) is 0 Å². The normalized spacial score (nSPS) is 12.5. The van der Waals surface area contributed by atoms with Gasteiger partial charge < -0.3 is 10.1 Å². The van der Waals surface area contributed by atoms with Crippen molar-refractivity contribution in [3.63, 3.8) is 0 Å². The summed E-state index contributed by atoms with van der Waals surface area (Å²) < 4.78 is 18.2. The van der Waals surface area contributed by atoms with Crippen LogP contribution in [0.5, 0.6) is 0 Å². The van der Waals surface area contributed by atoms with Crippen molar-refractivity contribution in [3.8, 4) is 0 Å². The van der Waals surface area contributed by atoms with Gasteiger partial charge in [-0.25, -0.2) is 9.18 Å². The van der Waals surface area contributed by atoms with Gasteiger partial charge in [0.2, 0.25) is 0 Å². The lowest BCUT2D eigenvalue weighted by molar-refractivity contribution is 0.0528. The van der Waals surface area contributed by atoms with Crippen LogP contribution < -0.4 is 5.32 Å². The Bertz CT molecular complexity index is 806. The molecule has 0 spiro atoms. The van der Waals surface area contributed by atoms with E-state index >= 15 is 0 Å². The monoisotopic (exact) mass is 391 g/mol. The molecule has 1 amide bonds. The van der Waals surface area contributed by atoms with E-state index in [0.717, 1.165) is 11.3 Å². The fourth-order valence-electron chi connectivity index (χ4n) is 2.90. The highest BCUT2D eigenvalue weighted by Crippen LogP contribution is 2.38. The Morgan fingerprint density at radius 2 is 1.85 bits per heavy atom. The molecule has 146 valence electrons. The topological polar surface area (TPSA) is 55.4 Å². The first-order valence-electron chi connectivity index (χ1n) is 8.98. The minimum atomic E-state index is -0.461. The number of amides is 1. The number of benzene rings is 1. The summed E-state index contributed by atoms with van der Waals surface area (Å²) in [4.78, 5) is 25.8. The minimum absolute atomic E-state index is 0.144. The molecule has 0 fully saturated rings. The third-order valence-electron chi connectivity index (χ3n) is 3.98. The highest BCUT2D eigenvalue weighted by atomic mass is 32.1. The van der Waals surface area contributed by atoms with E-state index in [9.17, 15) is 14.0 Å². The van der Waals surface area contributed by atoms with Gasteiger partial charge >= 0.3 is 5.97 Å². The van der Waals surface area contributed by atoms with Crippen molar-refractivity contribution in [3.05, 3.63) is 52.2 Å². The fourth-order valence-corrected chi connectivity index (χ4v) is 3.99. The summed E-state index contributed by atoms with van der Waals surface area (Å²) in [5, 5.41) is 3.24. The number of anilines is 1. The van der Waals surface area contributed by atoms with E-state index in [4.69, 9.17) is 4.74 Å². The lowest BCUT2D eigenvalue weighted by Gasteiger charge is -2.22. The Labute approximate surface area is 163 Å². The SMILES string of the molecule is CCOC(=O)c1cc(C(C)CC(C)(C)C)sc1NC(=O)c1ccc(F)cc1. The standard InChI is InChI=1S/C21H26FNO3S/c1-6-26-20(25)16-11-17(13(2)12-21(3,4)5)27-19(16)23-18(24)14-7-9-15(22)10-8-14/h7-11,13H,6,12H2,1-5H3,(H,23,24). The number of esters is 1. The number of nitrogens with one attached hydrogen (secondary N) is 1. The molecular weight excluding hydrogens is 365 g/mol. The molecule has 1 aromatic carbocycles. The van der Waals surface area contributed by atoms with Gasteiger partial charge in [-0.3, -0.25) is 4.79 Å². The molecule has 0 aliphatic rings. The maximum Gasteiger partial charge on any atom is 0.341 e. The molecule has 0 saturated heterocycles. The van der Waals surface area contributed by atoms with Crippen LogP contribution in [-0.4, -0.2) is 18.5 Å². The van der Waals surface area contributed by atoms with Gasteiger partial charge in [0.25, 0.3) is 5.91 Å². The third-order valence-corrected chi connectivity index (χ3v) is 5.27. The quantitative estimate of drug-likeness (QED) is 0.628. The van der Waals surface area contributed by atoms with Gasteiger partial charge in [0.05, 0.1) is 12.2 Å². The Morgan fingerprint density at radius 3 is 2.41 bits per heavy atom. The van der Waals surface area contributed by atoms with Crippen molar-refractivity contribution in [2.45, 2.75) is 47.0 Å². The lowest BCUT2D eigenvalue weighted by atomic mass is 9.85. The molecule has 0 bridgehead atoms. The zero-order chi connectivity index (χ0) is 20.2. The van der Waals surface area contributed by atoms with E-state index in [1.807, 2.05) is 0 Å². The lowest BCUT2D eigenvalue weighted by Crippen LogP contribution is -2.14. The first-order chi connectivity index (χ1) is 12.6. The molecule has 1 atom stereocenters. The summed E-state index contributed by atoms with van der Waals surface area (Å²) in [5.74, 6) is -1.03. The van der Waals surface area contributed by atoms with Crippen molar-refractivity contribution >= 4 is 28.2 Å². The van der Waals surface area contributed by atoms with Gasteiger partial charge in [0.15, 0.2) is 0 Å². The molecule has 0 saturated carbocycles. The van der Waals surface area contributed by atoms with Gasteiger partial charge in [-0.1, -0.05) is 27.7 Å². The maximum absolute atomic E-state index is 13.1. The zero-order valence-electron chi connectivity index (χ0n) is 16.4. The molecule has 2 rings (SSSR count). The molecule has 4 nitrogen and oxygen atoms in total. The molecule has 0 radical (unpaired) electrons. The summed E-state index contributed by atoms with van der Waals surface area (Å²) in [6.07, 6.45) is 0.946. The Balaban J connectivity index is 2.30. The number of rotatable bonds is 6.